The second kappa shape index (κ2) is 5.75. The first-order valence-corrected chi connectivity index (χ1v) is 7.57. The van der Waals surface area contributed by atoms with Gasteiger partial charge >= 0.3 is 0 Å². The molecule has 0 amide bonds. The number of hydrogen-bond donors (Lipinski definition) is 1. The maximum Gasteiger partial charge on any atom is 0.148 e. The zero-order chi connectivity index (χ0) is 12.2. The maximum atomic E-state index is 13.1. The Labute approximate surface area is 103 Å². The summed E-state index contributed by atoms with van der Waals surface area (Å²) >= 11 is 3.14. The summed E-state index contributed by atoms with van der Waals surface area (Å²) in [5.74, 6) is -0.234. The van der Waals surface area contributed by atoms with Gasteiger partial charge in [0.05, 0.1) is 10.2 Å². The van der Waals surface area contributed by atoms with Crippen molar-refractivity contribution >= 4 is 25.8 Å². The molecule has 0 aliphatic heterocycles. The highest BCUT2D eigenvalue weighted by molar-refractivity contribution is 9.10. The Bertz CT molecular complexity index is 462. The zero-order valence-corrected chi connectivity index (χ0v) is 11.2. The Morgan fingerprint density at radius 2 is 2.12 bits per heavy atom. The largest absolute Gasteiger partial charge is 0.312 e. The summed E-state index contributed by atoms with van der Waals surface area (Å²) in [6.45, 7) is 0.801. The van der Waals surface area contributed by atoms with Crippen molar-refractivity contribution < 1.29 is 12.8 Å². The molecule has 1 aromatic carbocycles. The van der Waals surface area contributed by atoms with Crippen molar-refractivity contribution in [2.75, 3.05) is 18.6 Å². The van der Waals surface area contributed by atoms with Gasteiger partial charge in [0.25, 0.3) is 0 Å². The highest BCUT2D eigenvalue weighted by Gasteiger charge is 2.05. The first-order chi connectivity index (χ1) is 7.40. The minimum atomic E-state index is -2.95. The van der Waals surface area contributed by atoms with Crippen molar-refractivity contribution in [3.63, 3.8) is 0 Å². The lowest BCUT2D eigenvalue weighted by Gasteiger charge is -2.06. The van der Waals surface area contributed by atoms with E-state index in [0.717, 1.165) is 5.56 Å². The Kier molecular flexibility index (Phi) is 4.89. The second-order valence-corrected chi connectivity index (χ2v) is 6.57. The average Bonchev–Trinajstić information content (AvgIpc) is 2.17. The fourth-order valence-corrected chi connectivity index (χ4v) is 2.09. The number of rotatable bonds is 5. The van der Waals surface area contributed by atoms with Crippen LogP contribution in [-0.2, 0) is 16.4 Å². The molecule has 0 saturated heterocycles. The first-order valence-electron chi connectivity index (χ1n) is 4.71. The van der Waals surface area contributed by atoms with Crippen LogP contribution < -0.4 is 5.32 Å². The van der Waals surface area contributed by atoms with Crippen LogP contribution in [0.3, 0.4) is 0 Å². The summed E-state index contributed by atoms with van der Waals surface area (Å²) in [4.78, 5) is 0. The highest BCUT2D eigenvalue weighted by atomic mass is 79.9. The minimum absolute atomic E-state index is 0.0833. The van der Waals surface area contributed by atoms with Crippen molar-refractivity contribution in [3.8, 4) is 0 Å². The minimum Gasteiger partial charge on any atom is -0.312 e. The predicted octanol–water partition coefficient (Wildman–Crippen LogP) is 1.72. The van der Waals surface area contributed by atoms with Crippen molar-refractivity contribution in [1.29, 1.82) is 0 Å². The van der Waals surface area contributed by atoms with E-state index in [0.29, 0.717) is 17.6 Å². The van der Waals surface area contributed by atoms with Crippen molar-refractivity contribution in [3.05, 3.63) is 34.1 Å². The summed E-state index contributed by atoms with van der Waals surface area (Å²) in [6, 6.07) is 4.76. The van der Waals surface area contributed by atoms with Gasteiger partial charge in [-0.3, -0.25) is 0 Å². The van der Waals surface area contributed by atoms with Crippen LogP contribution in [0.2, 0.25) is 0 Å². The van der Waals surface area contributed by atoms with Crippen LogP contribution in [0, 0.1) is 5.82 Å². The van der Waals surface area contributed by atoms with E-state index in [1.807, 2.05) is 0 Å². The summed E-state index contributed by atoms with van der Waals surface area (Å²) in [7, 11) is -2.95. The first kappa shape index (κ1) is 13.6. The van der Waals surface area contributed by atoms with Gasteiger partial charge in [-0.1, -0.05) is 12.1 Å². The van der Waals surface area contributed by atoms with Crippen LogP contribution in [0.5, 0.6) is 0 Å². The fourth-order valence-electron chi connectivity index (χ4n) is 1.17. The molecule has 90 valence electrons. The Morgan fingerprint density at radius 3 is 2.75 bits per heavy atom. The predicted molar refractivity (Wildman–Crippen MR) is 65.5 cm³/mol. The summed E-state index contributed by atoms with van der Waals surface area (Å²) in [5, 5.41) is 2.95. The molecule has 0 spiro atoms. The molecule has 16 heavy (non-hydrogen) atoms. The van der Waals surface area contributed by atoms with Crippen LogP contribution in [0.15, 0.2) is 22.7 Å². The summed E-state index contributed by atoms with van der Waals surface area (Å²) in [6.07, 6.45) is 1.19. The van der Waals surface area contributed by atoms with Gasteiger partial charge in [-0.15, -0.1) is 0 Å². The third-order valence-corrected chi connectivity index (χ3v) is 3.83. The van der Waals surface area contributed by atoms with E-state index in [1.54, 1.807) is 12.1 Å². The molecular weight excluding hydrogens is 297 g/mol. The number of nitrogens with one attached hydrogen (secondary N) is 1. The fraction of sp³-hybridized carbons (Fsp3) is 0.400. The van der Waals surface area contributed by atoms with Crippen molar-refractivity contribution in [1.82, 2.24) is 5.32 Å². The molecule has 0 aliphatic carbocycles. The van der Waals surface area contributed by atoms with E-state index in [9.17, 15) is 12.8 Å². The molecule has 0 saturated carbocycles. The molecule has 1 aromatic rings. The molecule has 0 atom stereocenters. The molecule has 6 heteroatoms. The average molecular weight is 310 g/mol. The molecule has 0 aromatic heterocycles. The molecule has 0 bridgehead atoms. The number of benzene rings is 1. The molecule has 1 N–H and O–H groups in total. The standard InChI is InChI=1S/C10H13BrFNO2S/c1-16(14,15)6-5-13-7-8-3-2-4-9(12)10(8)11/h2-4,13H,5-7H2,1H3. The van der Waals surface area contributed by atoms with Gasteiger partial charge in [0.2, 0.25) is 0 Å². The van der Waals surface area contributed by atoms with Crippen molar-refractivity contribution in [2.24, 2.45) is 0 Å². The van der Waals surface area contributed by atoms with Crippen LogP contribution >= 0.6 is 15.9 Å². The molecule has 3 nitrogen and oxygen atoms in total. The molecule has 0 unspecified atom stereocenters. The lowest BCUT2D eigenvalue weighted by molar-refractivity contribution is 0.594. The van der Waals surface area contributed by atoms with Gasteiger partial charge < -0.3 is 5.32 Å². The highest BCUT2D eigenvalue weighted by Crippen LogP contribution is 2.19. The van der Waals surface area contributed by atoms with E-state index in [-0.39, 0.29) is 11.6 Å². The normalized spacial score (nSPS) is 11.7. The lowest BCUT2D eigenvalue weighted by Crippen LogP contribution is -2.22. The number of hydrogen-bond acceptors (Lipinski definition) is 3. The van der Waals surface area contributed by atoms with Crippen LogP contribution in [0.1, 0.15) is 5.56 Å². The van der Waals surface area contributed by atoms with Crippen LogP contribution in [-0.4, -0.2) is 27.0 Å². The smallest absolute Gasteiger partial charge is 0.148 e. The molecule has 0 radical (unpaired) electrons. The zero-order valence-electron chi connectivity index (χ0n) is 8.83. The maximum absolute atomic E-state index is 13.1. The summed E-state index contributed by atoms with van der Waals surface area (Å²) in [5.41, 5.74) is 0.772. The third kappa shape index (κ3) is 4.59. The molecule has 0 aliphatic rings. The monoisotopic (exact) mass is 309 g/mol. The van der Waals surface area contributed by atoms with Gasteiger partial charge in [-0.2, -0.15) is 0 Å². The number of sulfone groups is 1. The molecule has 0 fully saturated rings. The Morgan fingerprint density at radius 1 is 1.44 bits per heavy atom. The van der Waals surface area contributed by atoms with Crippen LogP contribution in [0.4, 0.5) is 4.39 Å². The van der Waals surface area contributed by atoms with Gasteiger partial charge in [0.1, 0.15) is 15.7 Å². The van der Waals surface area contributed by atoms with E-state index in [2.05, 4.69) is 21.2 Å². The second-order valence-electron chi connectivity index (χ2n) is 3.52. The van der Waals surface area contributed by atoms with Crippen LogP contribution in [0.25, 0.3) is 0 Å². The molecule has 1 rings (SSSR count). The lowest BCUT2D eigenvalue weighted by atomic mass is 10.2. The summed E-state index contributed by atoms with van der Waals surface area (Å²) < 4.78 is 35.2. The molecular formula is C10H13BrFNO2S. The van der Waals surface area contributed by atoms with E-state index >= 15 is 0 Å². The topological polar surface area (TPSA) is 46.2 Å². The van der Waals surface area contributed by atoms with E-state index < -0.39 is 9.84 Å². The Balaban J connectivity index is 2.47. The van der Waals surface area contributed by atoms with Gasteiger partial charge in [0.15, 0.2) is 0 Å². The Hall–Kier alpha value is -0.460. The van der Waals surface area contributed by atoms with E-state index in [1.165, 1.54) is 12.3 Å². The van der Waals surface area contributed by atoms with Gasteiger partial charge in [-0.05, 0) is 27.6 Å². The van der Waals surface area contributed by atoms with Gasteiger partial charge in [0, 0.05) is 19.3 Å². The third-order valence-electron chi connectivity index (χ3n) is 2.00. The van der Waals surface area contributed by atoms with Crippen molar-refractivity contribution in [2.45, 2.75) is 6.54 Å². The van der Waals surface area contributed by atoms with Gasteiger partial charge in [-0.25, -0.2) is 12.8 Å². The quantitative estimate of drug-likeness (QED) is 0.843. The number of halogens is 2. The molecule has 0 heterocycles. The van der Waals surface area contributed by atoms with E-state index in [4.69, 9.17) is 0 Å². The SMILES string of the molecule is CS(=O)(=O)CCNCc1cccc(F)c1Br.